The molecule has 21 heavy (non-hydrogen) atoms. The average molecular weight is 299 g/mol. The number of rotatable bonds is 14. The molecule has 0 saturated carbocycles. The van der Waals surface area contributed by atoms with Gasteiger partial charge in [0.05, 0.1) is 12.7 Å². The average Bonchev–Trinajstić information content (AvgIpc) is 2.44. The van der Waals surface area contributed by atoms with Crippen LogP contribution in [0, 0.1) is 11.8 Å². The molecule has 2 N–H and O–H groups in total. The lowest BCUT2D eigenvalue weighted by molar-refractivity contribution is 0.119. The molecule has 0 aromatic carbocycles. The van der Waals surface area contributed by atoms with Gasteiger partial charge in [0.2, 0.25) is 0 Å². The van der Waals surface area contributed by atoms with Crippen molar-refractivity contribution in [3.63, 3.8) is 0 Å². The third-order valence-electron chi connectivity index (χ3n) is 4.32. The Balaban J connectivity index is 3.34. The molecule has 0 aliphatic rings. The molecule has 0 saturated heterocycles. The van der Waals surface area contributed by atoms with Crippen LogP contribution in [-0.4, -0.2) is 22.9 Å². The van der Waals surface area contributed by atoms with E-state index in [1.165, 1.54) is 51.4 Å². The molecule has 0 radical (unpaired) electrons. The zero-order valence-electron chi connectivity index (χ0n) is 14.6. The van der Waals surface area contributed by atoms with E-state index in [1.54, 1.807) is 0 Å². The quantitative estimate of drug-likeness (QED) is 0.346. The zero-order chi connectivity index (χ0) is 16.1. The fraction of sp³-hybridized carbons (Fsp3) is 0.895. The Labute approximate surface area is 132 Å². The summed E-state index contributed by atoms with van der Waals surface area (Å²) in [5.41, 5.74) is 0.774. The van der Waals surface area contributed by atoms with Gasteiger partial charge in [0.1, 0.15) is 0 Å². The molecule has 0 aliphatic heterocycles. The van der Waals surface area contributed by atoms with Gasteiger partial charge in [-0.3, -0.25) is 0 Å². The molecular formula is C19H38O2. The minimum atomic E-state index is -0.725. The van der Waals surface area contributed by atoms with Gasteiger partial charge in [-0.05, 0) is 30.3 Å². The third-order valence-corrected chi connectivity index (χ3v) is 4.32. The first-order chi connectivity index (χ1) is 9.97. The lowest BCUT2D eigenvalue weighted by Crippen LogP contribution is -2.14. The van der Waals surface area contributed by atoms with Crippen LogP contribution in [0.5, 0.6) is 0 Å². The van der Waals surface area contributed by atoms with E-state index in [9.17, 15) is 5.11 Å². The van der Waals surface area contributed by atoms with Crippen molar-refractivity contribution in [2.45, 2.75) is 91.1 Å². The molecule has 0 bridgehead atoms. The van der Waals surface area contributed by atoms with Crippen LogP contribution in [-0.2, 0) is 0 Å². The summed E-state index contributed by atoms with van der Waals surface area (Å²) in [6, 6.07) is 0. The van der Waals surface area contributed by atoms with Gasteiger partial charge in [0, 0.05) is 0 Å². The highest BCUT2D eigenvalue weighted by Gasteiger charge is 2.06. The van der Waals surface area contributed by atoms with Crippen molar-refractivity contribution in [1.29, 1.82) is 0 Å². The number of hydrogen-bond donors (Lipinski definition) is 2. The summed E-state index contributed by atoms with van der Waals surface area (Å²) >= 11 is 0. The molecule has 0 spiro atoms. The second kappa shape index (κ2) is 13.3. The Morgan fingerprint density at radius 3 is 2.05 bits per heavy atom. The van der Waals surface area contributed by atoms with Crippen LogP contribution in [0.4, 0.5) is 0 Å². The Hall–Kier alpha value is -0.340. The first-order valence-corrected chi connectivity index (χ1v) is 8.94. The standard InChI is InChI=1S/C19H38O2/c1-16(2)11-10-13-17(3)12-8-6-5-7-9-14-18(4)19(21)15-20/h16-17,19-21H,4-15H2,1-3H3. The van der Waals surface area contributed by atoms with Gasteiger partial charge in [0.25, 0.3) is 0 Å². The minimum absolute atomic E-state index is 0.201. The smallest absolute Gasteiger partial charge is 0.0978 e. The molecule has 126 valence electrons. The van der Waals surface area contributed by atoms with Crippen LogP contribution in [0.1, 0.15) is 85.0 Å². The molecule has 0 aliphatic carbocycles. The molecule has 0 heterocycles. The summed E-state index contributed by atoms with van der Waals surface area (Å²) in [5.74, 6) is 1.72. The fourth-order valence-electron chi connectivity index (χ4n) is 2.69. The summed E-state index contributed by atoms with van der Waals surface area (Å²) in [6.45, 7) is 10.6. The molecule has 0 fully saturated rings. The maximum Gasteiger partial charge on any atom is 0.0978 e. The predicted octanol–water partition coefficient (Wildman–Crippen LogP) is 5.09. The number of hydrogen-bond acceptors (Lipinski definition) is 2. The summed E-state index contributed by atoms with van der Waals surface area (Å²) in [6.07, 6.45) is 11.9. The van der Waals surface area contributed by atoms with E-state index in [0.29, 0.717) is 0 Å². The molecule has 0 aromatic rings. The van der Waals surface area contributed by atoms with Gasteiger partial charge in [-0.25, -0.2) is 0 Å². The monoisotopic (exact) mass is 298 g/mol. The first-order valence-electron chi connectivity index (χ1n) is 8.94. The maximum atomic E-state index is 9.38. The van der Waals surface area contributed by atoms with E-state index < -0.39 is 6.10 Å². The Kier molecular flexibility index (Phi) is 13.1. The number of aliphatic hydroxyl groups is 2. The van der Waals surface area contributed by atoms with Crippen molar-refractivity contribution in [2.24, 2.45) is 11.8 Å². The van der Waals surface area contributed by atoms with Gasteiger partial charge in [-0.15, -0.1) is 0 Å². The summed E-state index contributed by atoms with van der Waals surface area (Å²) in [4.78, 5) is 0. The Morgan fingerprint density at radius 1 is 0.857 bits per heavy atom. The molecule has 0 rings (SSSR count). The topological polar surface area (TPSA) is 40.5 Å². The van der Waals surface area contributed by atoms with E-state index in [-0.39, 0.29) is 6.61 Å². The fourth-order valence-corrected chi connectivity index (χ4v) is 2.69. The molecule has 2 heteroatoms. The maximum absolute atomic E-state index is 9.38. The number of aliphatic hydroxyl groups excluding tert-OH is 2. The lowest BCUT2D eigenvalue weighted by atomic mass is 9.94. The van der Waals surface area contributed by atoms with Crippen molar-refractivity contribution in [3.05, 3.63) is 12.2 Å². The molecule has 2 unspecified atom stereocenters. The number of unbranched alkanes of at least 4 members (excludes halogenated alkanes) is 4. The van der Waals surface area contributed by atoms with Crippen molar-refractivity contribution in [1.82, 2.24) is 0 Å². The largest absolute Gasteiger partial charge is 0.393 e. The lowest BCUT2D eigenvalue weighted by Gasteiger charge is -2.12. The Morgan fingerprint density at radius 2 is 1.43 bits per heavy atom. The zero-order valence-corrected chi connectivity index (χ0v) is 14.6. The van der Waals surface area contributed by atoms with Gasteiger partial charge in [-0.1, -0.05) is 78.7 Å². The van der Waals surface area contributed by atoms with Gasteiger partial charge >= 0.3 is 0 Å². The van der Waals surface area contributed by atoms with Crippen LogP contribution in [0.3, 0.4) is 0 Å². The second-order valence-electron chi connectivity index (χ2n) is 7.09. The van der Waals surface area contributed by atoms with E-state index >= 15 is 0 Å². The van der Waals surface area contributed by atoms with E-state index in [1.807, 2.05) is 0 Å². The molecule has 2 atom stereocenters. The first kappa shape index (κ1) is 20.7. The van der Waals surface area contributed by atoms with E-state index in [2.05, 4.69) is 27.4 Å². The van der Waals surface area contributed by atoms with E-state index in [0.717, 1.165) is 30.3 Å². The predicted molar refractivity (Wildman–Crippen MR) is 92.4 cm³/mol. The van der Waals surface area contributed by atoms with Crippen LogP contribution in [0.25, 0.3) is 0 Å². The highest BCUT2D eigenvalue weighted by Crippen LogP contribution is 2.19. The highest BCUT2D eigenvalue weighted by molar-refractivity contribution is 5.01. The van der Waals surface area contributed by atoms with Crippen molar-refractivity contribution in [2.75, 3.05) is 6.61 Å². The third kappa shape index (κ3) is 13.1. The van der Waals surface area contributed by atoms with Gasteiger partial charge in [-0.2, -0.15) is 0 Å². The molecule has 0 amide bonds. The van der Waals surface area contributed by atoms with Crippen molar-refractivity contribution < 1.29 is 10.2 Å². The highest BCUT2D eigenvalue weighted by atomic mass is 16.3. The van der Waals surface area contributed by atoms with Crippen LogP contribution in [0.15, 0.2) is 12.2 Å². The van der Waals surface area contributed by atoms with Gasteiger partial charge < -0.3 is 10.2 Å². The summed E-state index contributed by atoms with van der Waals surface area (Å²) in [7, 11) is 0. The minimum Gasteiger partial charge on any atom is -0.393 e. The normalized spacial score (nSPS) is 14.4. The SMILES string of the molecule is C=C(CCCCCCCC(C)CCCC(C)C)C(O)CO. The van der Waals surface area contributed by atoms with Crippen LogP contribution in [0.2, 0.25) is 0 Å². The van der Waals surface area contributed by atoms with Crippen LogP contribution >= 0.6 is 0 Å². The van der Waals surface area contributed by atoms with Crippen LogP contribution < -0.4 is 0 Å². The molecule has 0 aromatic heterocycles. The second-order valence-corrected chi connectivity index (χ2v) is 7.09. The van der Waals surface area contributed by atoms with Gasteiger partial charge in [0.15, 0.2) is 0 Å². The molecular weight excluding hydrogens is 260 g/mol. The van der Waals surface area contributed by atoms with E-state index in [4.69, 9.17) is 5.11 Å². The summed E-state index contributed by atoms with van der Waals surface area (Å²) in [5, 5.41) is 18.2. The van der Waals surface area contributed by atoms with Crippen molar-refractivity contribution in [3.8, 4) is 0 Å². The Bertz CT molecular complexity index is 248. The molecule has 2 nitrogen and oxygen atoms in total. The van der Waals surface area contributed by atoms with Crippen molar-refractivity contribution >= 4 is 0 Å². The summed E-state index contributed by atoms with van der Waals surface area (Å²) < 4.78 is 0.